The molecule has 1 heterocycles. The molecular formula is C21H22N4O5. The summed E-state index contributed by atoms with van der Waals surface area (Å²) < 4.78 is 15.5. The van der Waals surface area contributed by atoms with Crippen LogP contribution in [0.3, 0.4) is 0 Å². The van der Waals surface area contributed by atoms with Crippen molar-refractivity contribution in [3.8, 4) is 11.5 Å². The normalized spacial score (nSPS) is 10.3. The van der Waals surface area contributed by atoms with Crippen LogP contribution in [0.25, 0.3) is 0 Å². The lowest BCUT2D eigenvalue weighted by Gasteiger charge is -2.08. The Kier molecular flexibility index (Phi) is 6.99. The predicted molar refractivity (Wildman–Crippen MR) is 107 cm³/mol. The van der Waals surface area contributed by atoms with Gasteiger partial charge in [-0.15, -0.1) is 0 Å². The summed E-state index contributed by atoms with van der Waals surface area (Å²) in [4.78, 5) is 28.3. The van der Waals surface area contributed by atoms with Crippen molar-refractivity contribution >= 4 is 11.8 Å². The van der Waals surface area contributed by atoms with E-state index < -0.39 is 0 Å². The summed E-state index contributed by atoms with van der Waals surface area (Å²) in [7, 11) is 1.56. The van der Waals surface area contributed by atoms with Crippen molar-refractivity contribution in [3.63, 3.8) is 0 Å². The van der Waals surface area contributed by atoms with Crippen LogP contribution in [0, 0.1) is 6.92 Å². The van der Waals surface area contributed by atoms with E-state index in [2.05, 4.69) is 20.8 Å². The molecule has 156 valence electrons. The number of aromatic nitrogens is 2. The van der Waals surface area contributed by atoms with Gasteiger partial charge in [0, 0.05) is 31.1 Å². The molecule has 0 fully saturated rings. The second-order valence-electron chi connectivity index (χ2n) is 6.28. The third kappa shape index (κ3) is 5.81. The molecule has 0 saturated carbocycles. The maximum Gasteiger partial charge on any atom is 0.251 e. The quantitative estimate of drug-likeness (QED) is 0.519. The van der Waals surface area contributed by atoms with Gasteiger partial charge < -0.3 is 24.6 Å². The zero-order valence-corrected chi connectivity index (χ0v) is 16.7. The van der Waals surface area contributed by atoms with Gasteiger partial charge in [0.15, 0.2) is 6.61 Å². The molecule has 3 rings (SSSR count). The van der Waals surface area contributed by atoms with Crippen LogP contribution < -0.4 is 20.1 Å². The average molecular weight is 410 g/mol. The topological polar surface area (TPSA) is 116 Å². The smallest absolute Gasteiger partial charge is 0.251 e. The van der Waals surface area contributed by atoms with E-state index in [1.54, 1.807) is 62.6 Å². The zero-order chi connectivity index (χ0) is 21.3. The molecule has 0 aliphatic carbocycles. The first-order valence-electron chi connectivity index (χ1n) is 9.27. The van der Waals surface area contributed by atoms with E-state index in [0.29, 0.717) is 47.4 Å². The highest BCUT2D eigenvalue weighted by atomic mass is 16.5. The molecule has 0 aliphatic heterocycles. The first kappa shape index (κ1) is 20.8. The van der Waals surface area contributed by atoms with Gasteiger partial charge in [-0.3, -0.25) is 9.59 Å². The van der Waals surface area contributed by atoms with Gasteiger partial charge in [-0.05, 0) is 48.5 Å². The highest BCUT2D eigenvalue weighted by Crippen LogP contribution is 2.14. The molecule has 2 N–H and O–H groups in total. The summed E-state index contributed by atoms with van der Waals surface area (Å²) in [5.41, 5.74) is 1.01. The maximum absolute atomic E-state index is 12.2. The zero-order valence-electron chi connectivity index (χ0n) is 16.7. The number of methoxy groups -OCH3 is 1. The van der Waals surface area contributed by atoms with Crippen LogP contribution in [0.2, 0.25) is 0 Å². The Balaban J connectivity index is 1.39. The third-order valence-electron chi connectivity index (χ3n) is 4.10. The average Bonchev–Trinajstić information content (AvgIpc) is 3.20. The predicted octanol–water partition coefficient (Wildman–Crippen LogP) is 2.13. The van der Waals surface area contributed by atoms with E-state index in [-0.39, 0.29) is 18.4 Å². The standard InChI is InChI=1S/C21H22N4O5/c1-14-24-19(25-30-14)13-29-18-9-5-16(6-10-18)21(27)23-12-11-22-20(26)15-3-7-17(28-2)8-4-15/h3-10H,11-13H2,1-2H3,(H,22,26)(H,23,27). The molecule has 1 aromatic heterocycles. The molecule has 0 saturated heterocycles. The molecule has 0 aliphatic rings. The Hall–Kier alpha value is -3.88. The third-order valence-corrected chi connectivity index (χ3v) is 4.10. The number of rotatable bonds is 9. The SMILES string of the molecule is COc1ccc(C(=O)NCCNC(=O)c2ccc(OCc3noc(C)n3)cc2)cc1. The molecule has 3 aromatic rings. The first-order valence-corrected chi connectivity index (χ1v) is 9.27. The molecule has 9 heteroatoms. The van der Waals surface area contributed by atoms with Crippen molar-refractivity contribution in [2.24, 2.45) is 0 Å². The fourth-order valence-corrected chi connectivity index (χ4v) is 2.55. The van der Waals surface area contributed by atoms with Crippen LogP contribution in [0.5, 0.6) is 11.5 Å². The number of nitrogens with zero attached hydrogens (tertiary/aromatic N) is 2. The maximum atomic E-state index is 12.2. The monoisotopic (exact) mass is 410 g/mol. The van der Waals surface area contributed by atoms with Crippen LogP contribution in [0.15, 0.2) is 53.1 Å². The van der Waals surface area contributed by atoms with Crippen LogP contribution in [-0.2, 0) is 6.61 Å². The molecule has 9 nitrogen and oxygen atoms in total. The second kappa shape index (κ2) is 10.1. The summed E-state index contributed by atoms with van der Waals surface area (Å²) in [5.74, 6) is 1.73. The molecule has 0 atom stereocenters. The summed E-state index contributed by atoms with van der Waals surface area (Å²) in [6.45, 7) is 2.49. The lowest BCUT2D eigenvalue weighted by Crippen LogP contribution is -2.34. The number of hydrogen-bond donors (Lipinski definition) is 2. The summed E-state index contributed by atoms with van der Waals surface area (Å²) in [5, 5.41) is 9.26. The van der Waals surface area contributed by atoms with Crippen molar-refractivity contribution in [1.82, 2.24) is 20.8 Å². The van der Waals surface area contributed by atoms with Crippen molar-refractivity contribution in [2.75, 3.05) is 20.2 Å². The van der Waals surface area contributed by atoms with Gasteiger partial charge in [-0.25, -0.2) is 0 Å². The fourth-order valence-electron chi connectivity index (χ4n) is 2.55. The van der Waals surface area contributed by atoms with E-state index in [4.69, 9.17) is 14.0 Å². The van der Waals surface area contributed by atoms with Crippen molar-refractivity contribution in [1.29, 1.82) is 0 Å². The molecule has 2 amide bonds. The largest absolute Gasteiger partial charge is 0.497 e. The van der Waals surface area contributed by atoms with Crippen LogP contribution in [0.1, 0.15) is 32.4 Å². The summed E-state index contributed by atoms with van der Waals surface area (Å²) >= 11 is 0. The van der Waals surface area contributed by atoms with Crippen molar-refractivity contribution < 1.29 is 23.6 Å². The Morgan fingerprint density at radius 3 is 1.90 bits per heavy atom. The minimum Gasteiger partial charge on any atom is -0.497 e. The number of nitrogens with one attached hydrogen (secondary N) is 2. The number of benzene rings is 2. The number of aryl methyl sites for hydroxylation is 1. The lowest BCUT2D eigenvalue weighted by molar-refractivity contribution is 0.0927. The van der Waals surface area contributed by atoms with Crippen LogP contribution in [-0.4, -0.2) is 42.2 Å². The summed E-state index contributed by atoms with van der Waals surface area (Å²) in [6.07, 6.45) is 0. The van der Waals surface area contributed by atoms with Gasteiger partial charge >= 0.3 is 0 Å². The Bertz CT molecular complexity index is 983. The molecule has 0 spiro atoms. The Morgan fingerprint density at radius 1 is 0.900 bits per heavy atom. The second-order valence-corrected chi connectivity index (χ2v) is 6.28. The van der Waals surface area contributed by atoms with E-state index >= 15 is 0 Å². The van der Waals surface area contributed by atoms with E-state index in [1.807, 2.05) is 0 Å². The van der Waals surface area contributed by atoms with Gasteiger partial charge in [-0.1, -0.05) is 5.16 Å². The van der Waals surface area contributed by atoms with Crippen molar-refractivity contribution in [2.45, 2.75) is 13.5 Å². The fraction of sp³-hybridized carbons (Fsp3) is 0.238. The Morgan fingerprint density at radius 2 is 1.43 bits per heavy atom. The van der Waals surface area contributed by atoms with E-state index in [0.717, 1.165) is 0 Å². The number of carbonyl (C=O) groups is 2. The number of carbonyl (C=O) groups excluding carboxylic acids is 2. The van der Waals surface area contributed by atoms with Gasteiger partial charge in [0.05, 0.1) is 7.11 Å². The lowest BCUT2D eigenvalue weighted by atomic mass is 10.2. The number of hydrogen-bond acceptors (Lipinski definition) is 7. The van der Waals surface area contributed by atoms with Crippen molar-refractivity contribution in [3.05, 3.63) is 71.4 Å². The molecule has 2 aromatic carbocycles. The minimum absolute atomic E-state index is 0.177. The molecule has 0 unspecified atom stereocenters. The van der Waals surface area contributed by atoms with Crippen LogP contribution >= 0.6 is 0 Å². The highest BCUT2D eigenvalue weighted by molar-refractivity contribution is 5.95. The molecule has 0 bridgehead atoms. The van der Waals surface area contributed by atoms with Gasteiger partial charge in [0.25, 0.3) is 11.8 Å². The van der Waals surface area contributed by atoms with Gasteiger partial charge in [0.1, 0.15) is 11.5 Å². The summed E-state index contributed by atoms with van der Waals surface area (Å²) in [6, 6.07) is 13.5. The molecule has 0 radical (unpaired) electrons. The number of amides is 2. The first-order chi connectivity index (χ1) is 14.5. The minimum atomic E-state index is -0.242. The van der Waals surface area contributed by atoms with E-state index in [9.17, 15) is 9.59 Å². The molecular weight excluding hydrogens is 388 g/mol. The highest BCUT2D eigenvalue weighted by Gasteiger charge is 2.08. The van der Waals surface area contributed by atoms with Gasteiger partial charge in [-0.2, -0.15) is 4.98 Å². The van der Waals surface area contributed by atoms with Gasteiger partial charge in [0.2, 0.25) is 11.7 Å². The molecule has 30 heavy (non-hydrogen) atoms. The Labute approximate surface area is 173 Å². The number of ether oxygens (including phenoxy) is 2. The van der Waals surface area contributed by atoms with E-state index in [1.165, 1.54) is 0 Å². The van der Waals surface area contributed by atoms with Crippen LogP contribution in [0.4, 0.5) is 0 Å².